The van der Waals surface area contributed by atoms with Crippen molar-refractivity contribution in [3.63, 3.8) is 0 Å². The number of hydrogen-bond acceptors (Lipinski definition) is 10. The Morgan fingerprint density at radius 2 is 1.97 bits per heavy atom. The van der Waals surface area contributed by atoms with Crippen LogP contribution in [0.1, 0.15) is 27.0 Å². The number of aliphatic hydroxyl groups is 2. The molecule has 2 heterocycles. The van der Waals surface area contributed by atoms with Gasteiger partial charge in [-0.2, -0.15) is 5.09 Å². The molecule has 0 spiro atoms. The Hall–Kier alpha value is -2.40. The van der Waals surface area contributed by atoms with Crippen LogP contribution in [-0.4, -0.2) is 62.3 Å². The molecule has 2 aromatic rings. The number of esters is 1. The Morgan fingerprint density at radius 1 is 1.30 bits per heavy atom. The molecule has 0 aliphatic carbocycles. The number of ether oxygens (including phenoxy) is 2. The van der Waals surface area contributed by atoms with Crippen molar-refractivity contribution in [3.05, 3.63) is 52.0 Å². The van der Waals surface area contributed by atoms with E-state index >= 15 is 0 Å². The van der Waals surface area contributed by atoms with E-state index in [1.54, 1.807) is 32.0 Å². The number of rotatable bonds is 10. The maximum Gasteiger partial charge on any atom is 0.459 e. The zero-order valence-electron chi connectivity index (χ0n) is 20.3. The molecule has 11 nitrogen and oxygen atoms in total. The number of aliphatic hydroxyl groups excluding tert-OH is 2. The summed E-state index contributed by atoms with van der Waals surface area (Å²) in [5.41, 5.74) is -1.95. The number of nitrogens with zero attached hydrogens (tertiary/aromatic N) is 1. The van der Waals surface area contributed by atoms with E-state index in [0.29, 0.717) is 4.64 Å². The first-order valence-corrected chi connectivity index (χ1v) is 13.6. The first-order valence-electron chi connectivity index (χ1n) is 11.2. The van der Waals surface area contributed by atoms with E-state index in [1.807, 2.05) is 0 Å². The highest BCUT2D eigenvalue weighted by atomic mass is 32.1. The summed E-state index contributed by atoms with van der Waals surface area (Å²) >= 11 is 10.3. The molecule has 1 aliphatic heterocycles. The first-order chi connectivity index (χ1) is 17.4. The van der Waals surface area contributed by atoms with Crippen molar-refractivity contribution >= 4 is 38.2 Å². The third-order valence-electron chi connectivity index (χ3n) is 5.27. The number of terminal acetylenes is 1. The van der Waals surface area contributed by atoms with Gasteiger partial charge in [0.05, 0.1) is 6.10 Å². The van der Waals surface area contributed by atoms with Crippen LogP contribution >= 0.6 is 32.2 Å². The lowest BCUT2D eigenvalue weighted by molar-refractivity contribution is -0.149. The number of carbonyl (C=O) groups is 1. The highest BCUT2D eigenvalue weighted by molar-refractivity contribution is 7.72. The second-order valence-corrected chi connectivity index (χ2v) is 11.0. The summed E-state index contributed by atoms with van der Waals surface area (Å²) < 4.78 is 37.8. The molecule has 6 atom stereocenters. The fourth-order valence-electron chi connectivity index (χ4n) is 3.43. The summed E-state index contributed by atoms with van der Waals surface area (Å²) in [7, 11) is -4.32. The fraction of sp³-hybridized carbons (Fsp3) is 0.435. The molecule has 0 bridgehead atoms. The van der Waals surface area contributed by atoms with Gasteiger partial charge in [0, 0.05) is 6.20 Å². The molecule has 1 fully saturated rings. The van der Waals surface area contributed by atoms with Crippen LogP contribution in [0.15, 0.2) is 42.6 Å². The van der Waals surface area contributed by atoms with Crippen molar-refractivity contribution in [2.75, 3.05) is 6.61 Å². The van der Waals surface area contributed by atoms with Crippen molar-refractivity contribution in [1.82, 2.24) is 14.6 Å². The summed E-state index contributed by atoms with van der Waals surface area (Å²) in [6, 6.07) is 8.52. The Balaban J connectivity index is 1.87. The van der Waals surface area contributed by atoms with Crippen molar-refractivity contribution in [1.29, 1.82) is 0 Å². The lowest BCUT2D eigenvalue weighted by Crippen LogP contribution is -2.46. The SMILES string of the molecule is C#CC1(COP(=O)(NC(C)C(=O)OC(C)C)Oc2ccccc2)OC(n2ccc(=S)[nH]c2=S)C(O)C1O. The van der Waals surface area contributed by atoms with Gasteiger partial charge in [0.2, 0.25) is 0 Å². The van der Waals surface area contributed by atoms with Gasteiger partial charge >= 0.3 is 13.7 Å². The van der Waals surface area contributed by atoms with Gasteiger partial charge in [-0.05, 0) is 51.2 Å². The van der Waals surface area contributed by atoms with E-state index in [4.69, 9.17) is 49.4 Å². The van der Waals surface area contributed by atoms with Crippen LogP contribution in [0.2, 0.25) is 0 Å². The van der Waals surface area contributed by atoms with E-state index in [2.05, 4.69) is 16.0 Å². The maximum absolute atomic E-state index is 13.8. The predicted octanol–water partition coefficient (Wildman–Crippen LogP) is 3.03. The van der Waals surface area contributed by atoms with E-state index in [9.17, 15) is 19.6 Å². The minimum atomic E-state index is -4.32. The van der Waals surface area contributed by atoms with Gasteiger partial charge in [0.15, 0.2) is 16.6 Å². The Morgan fingerprint density at radius 3 is 2.57 bits per heavy atom. The second-order valence-electron chi connectivity index (χ2n) is 8.51. The molecule has 0 saturated carbocycles. The number of benzene rings is 1. The molecule has 200 valence electrons. The summed E-state index contributed by atoms with van der Waals surface area (Å²) in [6.07, 6.45) is 2.36. The number of hydrogen-bond donors (Lipinski definition) is 4. The minimum Gasteiger partial charge on any atom is -0.462 e. The normalized spacial score (nSPS) is 25.7. The number of H-pyrrole nitrogens is 1. The molecule has 3 rings (SSSR count). The highest BCUT2D eigenvalue weighted by Gasteiger charge is 2.55. The average Bonchev–Trinajstić information content (AvgIpc) is 3.08. The molecule has 1 aromatic heterocycles. The molecule has 14 heteroatoms. The van der Waals surface area contributed by atoms with Gasteiger partial charge in [-0.15, -0.1) is 6.42 Å². The fourth-order valence-corrected chi connectivity index (χ4v) is 5.45. The smallest absolute Gasteiger partial charge is 0.459 e. The third kappa shape index (κ3) is 6.93. The van der Waals surface area contributed by atoms with Gasteiger partial charge in [0.1, 0.15) is 35.2 Å². The maximum atomic E-state index is 13.8. The summed E-state index contributed by atoms with van der Waals surface area (Å²) in [6.45, 7) is 4.08. The molecule has 0 amide bonds. The van der Waals surface area contributed by atoms with Gasteiger partial charge in [0.25, 0.3) is 0 Å². The second kappa shape index (κ2) is 12.0. The number of carbonyl (C=O) groups excluding carboxylic acids is 1. The predicted molar refractivity (Wildman–Crippen MR) is 139 cm³/mol. The topological polar surface area (TPSA) is 144 Å². The van der Waals surface area contributed by atoms with Crippen molar-refractivity contribution in [2.24, 2.45) is 0 Å². The molecule has 1 aliphatic rings. The van der Waals surface area contributed by atoms with Crippen molar-refractivity contribution < 1.29 is 38.1 Å². The van der Waals surface area contributed by atoms with Crippen molar-refractivity contribution in [3.8, 4) is 18.1 Å². The van der Waals surface area contributed by atoms with Crippen molar-refractivity contribution in [2.45, 2.75) is 57.0 Å². The van der Waals surface area contributed by atoms with Gasteiger partial charge < -0.3 is 29.2 Å². The summed E-state index contributed by atoms with van der Waals surface area (Å²) in [5, 5.41) is 24.1. The lowest BCUT2D eigenvalue weighted by Gasteiger charge is -2.29. The van der Waals surface area contributed by atoms with E-state index in [-0.39, 0.29) is 10.5 Å². The van der Waals surface area contributed by atoms with Crippen LogP contribution in [0, 0.1) is 21.8 Å². The molecular formula is C23H28N3O8PS2. The molecule has 37 heavy (non-hydrogen) atoms. The van der Waals surface area contributed by atoms with Crippen LogP contribution in [0.4, 0.5) is 0 Å². The zero-order chi connectivity index (χ0) is 27.4. The van der Waals surface area contributed by atoms with Gasteiger partial charge in [-0.1, -0.05) is 36.3 Å². The quantitative estimate of drug-likeness (QED) is 0.145. The summed E-state index contributed by atoms with van der Waals surface area (Å²) in [4.78, 5) is 15.1. The Labute approximate surface area is 224 Å². The van der Waals surface area contributed by atoms with E-state index in [0.717, 1.165) is 0 Å². The lowest BCUT2D eigenvalue weighted by atomic mass is 9.97. The third-order valence-corrected chi connectivity index (χ3v) is 7.44. The van der Waals surface area contributed by atoms with Gasteiger partial charge in [-0.25, -0.2) is 4.57 Å². The first kappa shape index (κ1) is 29.2. The molecule has 1 saturated heterocycles. The van der Waals surface area contributed by atoms with Crippen LogP contribution < -0.4 is 9.61 Å². The highest BCUT2D eigenvalue weighted by Crippen LogP contribution is 2.47. The Kier molecular flexibility index (Phi) is 9.44. The average molecular weight is 570 g/mol. The number of aromatic amines is 1. The van der Waals surface area contributed by atoms with E-state index in [1.165, 1.54) is 35.9 Å². The molecule has 4 N–H and O–H groups in total. The van der Waals surface area contributed by atoms with Crippen LogP contribution in [-0.2, 0) is 23.4 Å². The number of para-hydroxylation sites is 1. The standard InChI is InChI=1S/C23H28N3O8PS2/c1-5-23(19(28)18(27)20(33-23)26-12-11-17(36)24-22(26)37)13-31-35(30,34-16-9-7-6-8-10-16)25-15(4)21(29)32-14(2)3/h1,6-12,14-15,18-20,27-28H,13H2,2-4H3,(H,25,30)(H,24,36,37). The molecule has 1 aromatic carbocycles. The minimum absolute atomic E-state index is 0.120. The molecule has 6 unspecified atom stereocenters. The summed E-state index contributed by atoms with van der Waals surface area (Å²) in [5.74, 6) is 1.78. The molecular weight excluding hydrogens is 541 g/mol. The number of nitrogens with one attached hydrogen (secondary N) is 2. The van der Waals surface area contributed by atoms with E-state index < -0.39 is 56.5 Å². The Bertz CT molecular complexity index is 1310. The zero-order valence-corrected chi connectivity index (χ0v) is 22.8. The van der Waals surface area contributed by atoms with Crippen LogP contribution in [0.3, 0.4) is 0 Å². The number of aromatic nitrogens is 2. The van der Waals surface area contributed by atoms with Gasteiger partial charge in [-0.3, -0.25) is 13.9 Å². The van der Waals surface area contributed by atoms with Crippen LogP contribution in [0.25, 0.3) is 0 Å². The monoisotopic (exact) mass is 569 g/mol. The van der Waals surface area contributed by atoms with Crippen LogP contribution in [0.5, 0.6) is 5.75 Å². The largest absolute Gasteiger partial charge is 0.462 e. The molecule has 0 radical (unpaired) electrons.